The second-order valence-electron chi connectivity index (χ2n) is 5.71. The number of fused-ring (bicyclic) bond motifs is 2. The first-order valence-corrected chi connectivity index (χ1v) is 7.62. The number of carbonyl (C=O) groups is 1. The normalized spacial score (nSPS) is 32.3. The molecule has 0 unspecified atom stereocenters. The molecule has 7 heteroatoms. The third-order valence-corrected chi connectivity index (χ3v) is 4.30. The van der Waals surface area contributed by atoms with E-state index >= 15 is 0 Å². The molecule has 3 heterocycles. The largest absolute Gasteiger partial charge is 0.491 e. The molecular weight excluding hydrogens is 304 g/mol. The van der Waals surface area contributed by atoms with Crippen LogP contribution in [-0.2, 0) is 30.2 Å². The van der Waals surface area contributed by atoms with Crippen molar-refractivity contribution in [2.45, 2.75) is 37.4 Å². The lowest BCUT2D eigenvalue weighted by Crippen LogP contribution is -2.33. The summed E-state index contributed by atoms with van der Waals surface area (Å²) in [6.45, 7) is 0.543. The average molecular weight is 322 g/mol. The first kappa shape index (κ1) is 14.9. The molecule has 0 saturated carbocycles. The van der Waals surface area contributed by atoms with Gasteiger partial charge in [-0.2, -0.15) is 0 Å². The van der Waals surface area contributed by atoms with Crippen molar-refractivity contribution in [3.8, 4) is 11.5 Å². The highest BCUT2D eigenvalue weighted by Gasteiger charge is 2.50. The predicted octanol–water partition coefficient (Wildman–Crippen LogP) is 1.03. The van der Waals surface area contributed by atoms with Gasteiger partial charge < -0.3 is 28.4 Å². The van der Waals surface area contributed by atoms with Gasteiger partial charge in [0.25, 0.3) is 0 Å². The molecule has 1 aromatic rings. The summed E-state index contributed by atoms with van der Waals surface area (Å²) in [7, 11) is 1.57. The summed E-state index contributed by atoms with van der Waals surface area (Å²) in [6, 6.07) is 5.52. The molecule has 23 heavy (non-hydrogen) atoms. The zero-order chi connectivity index (χ0) is 15.8. The van der Waals surface area contributed by atoms with Gasteiger partial charge in [-0.25, -0.2) is 0 Å². The van der Waals surface area contributed by atoms with E-state index in [-0.39, 0.29) is 31.1 Å². The molecule has 0 radical (unpaired) electrons. The van der Waals surface area contributed by atoms with Crippen LogP contribution >= 0.6 is 0 Å². The number of methoxy groups -OCH3 is 1. The lowest BCUT2D eigenvalue weighted by atomic mass is 10.1. The molecule has 0 spiro atoms. The molecule has 3 aliphatic rings. The molecule has 7 nitrogen and oxygen atoms in total. The van der Waals surface area contributed by atoms with Crippen LogP contribution in [0.5, 0.6) is 11.5 Å². The molecule has 0 amide bonds. The summed E-state index contributed by atoms with van der Waals surface area (Å²) >= 11 is 0. The molecule has 3 aliphatic heterocycles. The van der Waals surface area contributed by atoms with Crippen LogP contribution in [-0.4, -0.2) is 51.1 Å². The van der Waals surface area contributed by atoms with Gasteiger partial charge in [0.2, 0.25) is 0 Å². The van der Waals surface area contributed by atoms with Crippen molar-refractivity contribution in [3.05, 3.63) is 23.8 Å². The van der Waals surface area contributed by atoms with Crippen LogP contribution in [0.3, 0.4) is 0 Å². The molecule has 4 rings (SSSR count). The Kier molecular flexibility index (Phi) is 3.94. The maximum absolute atomic E-state index is 11.4. The van der Waals surface area contributed by atoms with E-state index in [1.54, 1.807) is 13.2 Å². The quantitative estimate of drug-likeness (QED) is 0.605. The fraction of sp³-hybridized carbons (Fsp3) is 0.562. The fourth-order valence-electron chi connectivity index (χ4n) is 3.10. The number of hydrogen-bond acceptors (Lipinski definition) is 7. The first-order valence-electron chi connectivity index (χ1n) is 7.62. The Hall–Kier alpha value is -1.67. The van der Waals surface area contributed by atoms with Crippen molar-refractivity contribution in [1.29, 1.82) is 0 Å². The molecule has 2 saturated heterocycles. The first-order chi connectivity index (χ1) is 11.2. The van der Waals surface area contributed by atoms with Crippen molar-refractivity contribution in [3.63, 3.8) is 0 Å². The van der Waals surface area contributed by atoms with Gasteiger partial charge in [0.05, 0.1) is 6.42 Å². The minimum Gasteiger partial charge on any atom is -0.491 e. The molecule has 4 atom stereocenters. The number of benzene rings is 1. The standard InChI is InChI=1S/C16H18O7/c1-18-16-15-14(20-8-21-15)12(23-16)7-19-10-4-2-9-3-5-13(17)22-11(9)6-10/h2,4,6,12,14-16H,3,5,7-8H2,1H3/t12-,14-,15-,16-/m1/s1. The molecule has 0 aromatic heterocycles. The maximum Gasteiger partial charge on any atom is 0.311 e. The van der Waals surface area contributed by atoms with E-state index in [1.165, 1.54) is 0 Å². The van der Waals surface area contributed by atoms with Crippen molar-refractivity contribution < 1.29 is 33.2 Å². The van der Waals surface area contributed by atoms with Crippen LogP contribution in [0, 0.1) is 0 Å². The SMILES string of the molecule is CO[C@@H]1O[C@H](COc2ccc3c(c2)OC(=O)CC3)[C@H]2OCO[C@@H]12. The van der Waals surface area contributed by atoms with E-state index in [1.807, 2.05) is 12.1 Å². The Bertz CT molecular complexity index is 602. The summed E-state index contributed by atoms with van der Waals surface area (Å²) in [5.74, 6) is 0.980. The average Bonchev–Trinajstić information content (AvgIpc) is 3.15. The van der Waals surface area contributed by atoms with Gasteiger partial charge in [-0.05, 0) is 18.1 Å². The summed E-state index contributed by atoms with van der Waals surface area (Å²) in [6.07, 6.45) is -0.0212. The van der Waals surface area contributed by atoms with E-state index in [0.29, 0.717) is 30.9 Å². The fourth-order valence-corrected chi connectivity index (χ4v) is 3.10. The van der Waals surface area contributed by atoms with E-state index in [2.05, 4.69) is 0 Å². The Morgan fingerprint density at radius 2 is 2.09 bits per heavy atom. The van der Waals surface area contributed by atoms with Crippen LogP contribution in [0.4, 0.5) is 0 Å². The maximum atomic E-state index is 11.4. The third-order valence-electron chi connectivity index (χ3n) is 4.30. The topological polar surface area (TPSA) is 72.5 Å². The molecule has 124 valence electrons. The summed E-state index contributed by atoms with van der Waals surface area (Å²) in [5.41, 5.74) is 1.01. The second-order valence-corrected chi connectivity index (χ2v) is 5.71. The van der Waals surface area contributed by atoms with E-state index in [0.717, 1.165) is 5.56 Å². The number of ether oxygens (including phenoxy) is 6. The molecule has 2 fully saturated rings. The van der Waals surface area contributed by atoms with Gasteiger partial charge in [-0.15, -0.1) is 0 Å². The summed E-state index contributed by atoms with van der Waals surface area (Å²) < 4.78 is 33.0. The Balaban J connectivity index is 1.41. The minimum absolute atomic E-state index is 0.199. The Labute approximate surface area is 133 Å². The monoisotopic (exact) mass is 322 g/mol. The van der Waals surface area contributed by atoms with Gasteiger partial charge in [0, 0.05) is 13.2 Å². The lowest BCUT2D eigenvalue weighted by molar-refractivity contribution is -0.176. The third kappa shape index (κ3) is 2.81. The molecule has 0 bridgehead atoms. The predicted molar refractivity (Wildman–Crippen MR) is 76.2 cm³/mol. The number of hydrogen-bond donors (Lipinski definition) is 0. The van der Waals surface area contributed by atoms with Crippen LogP contribution < -0.4 is 9.47 Å². The number of rotatable bonds is 4. The van der Waals surface area contributed by atoms with Crippen LogP contribution in [0.1, 0.15) is 12.0 Å². The zero-order valence-corrected chi connectivity index (χ0v) is 12.7. The summed E-state index contributed by atoms with van der Waals surface area (Å²) in [5, 5.41) is 0. The number of esters is 1. The van der Waals surface area contributed by atoms with E-state index < -0.39 is 6.29 Å². The second kappa shape index (κ2) is 6.09. The van der Waals surface area contributed by atoms with Crippen LogP contribution in [0.2, 0.25) is 0 Å². The molecule has 0 N–H and O–H groups in total. The van der Waals surface area contributed by atoms with Crippen LogP contribution in [0.15, 0.2) is 18.2 Å². The highest BCUT2D eigenvalue weighted by atomic mass is 16.8. The van der Waals surface area contributed by atoms with Crippen molar-refractivity contribution in [2.75, 3.05) is 20.5 Å². The van der Waals surface area contributed by atoms with Gasteiger partial charge in [0.15, 0.2) is 6.29 Å². The smallest absolute Gasteiger partial charge is 0.311 e. The molecule has 0 aliphatic carbocycles. The highest BCUT2D eigenvalue weighted by molar-refractivity contribution is 5.75. The minimum atomic E-state index is -0.444. The molecule has 1 aromatic carbocycles. The van der Waals surface area contributed by atoms with E-state index in [9.17, 15) is 4.79 Å². The Morgan fingerprint density at radius 3 is 2.96 bits per heavy atom. The molecular formula is C16H18O7. The van der Waals surface area contributed by atoms with E-state index in [4.69, 9.17) is 28.4 Å². The van der Waals surface area contributed by atoms with Gasteiger partial charge in [0.1, 0.15) is 43.2 Å². The van der Waals surface area contributed by atoms with Crippen LogP contribution in [0.25, 0.3) is 0 Å². The van der Waals surface area contributed by atoms with Gasteiger partial charge in [-0.1, -0.05) is 6.07 Å². The highest BCUT2D eigenvalue weighted by Crippen LogP contribution is 2.33. The number of aryl methyl sites for hydroxylation is 1. The summed E-state index contributed by atoms with van der Waals surface area (Å²) in [4.78, 5) is 11.4. The lowest BCUT2D eigenvalue weighted by Gasteiger charge is -2.19. The van der Waals surface area contributed by atoms with Crippen molar-refractivity contribution in [1.82, 2.24) is 0 Å². The van der Waals surface area contributed by atoms with Crippen molar-refractivity contribution >= 4 is 5.97 Å². The zero-order valence-electron chi connectivity index (χ0n) is 12.7. The van der Waals surface area contributed by atoms with Gasteiger partial charge >= 0.3 is 5.97 Å². The Morgan fingerprint density at radius 1 is 1.22 bits per heavy atom. The van der Waals surface area contributed by atoms with Crippen molar-refractivity contribution in [2.24, 2.45) is 0 Å². The number of carbonyl (C=O) groups excluding carboxylic acids is 1. The van der Waals surface area contributed by atoms with Gasteiger partial charge in [-0.3, -0.25) is 4.79 Å².